The maximum atomic E-state index is 5.61. The first-order valence-corrected chi connectivity index (χ1v) is 6.22. The van der Waals surface area contributed by atoms with Crippen molar-refractivity contribution in [1.29, 1.82) is 0 Å². The highest BCUT2D eigenvalue weighted by Gasteiger charge is 2.10. The lowest BCUT2D eigenvalue weighted by Crippen LogP contribution is -2.17. The molecule has 0 amide bonds. The summed E-state index contributed by atoms with van der Waals surface area (Å²) in [7, 11) is 3.63. The van der Waals surface area contributed by atoms with E-state index in [1.807, 2.05) is 32.3 Å². The van der Waals surface area contributed by atoms with Gasteiger partial charge in [0.05, 0.1) is 4.47 Å². The summed E-state index contributed by atoms with van der Waals surface area (Å²) in [4.78, 5) is 14.0. The molecule has 2 rings (SSSR count). The molecule has 3 N–H and O–H groups in total. The van der Waals surface area contributed by atoms with Gasteiger partial charge < -0.3 is 9.64 Å². The molecule has 0 unspecified atom stereocenters. The van der Waals surface area contributed by atoms with Gasteiger partial charge >= 0.3 is 6.01 Å². The molecule has 2 aromatic rings. The molecule has 0 fully saturated rings. The van der Waals surface area contributed by atoms with Crippen LogP contribution in [0.4, 0.5) is 11.9 Å². The Balaban J connectivity index is 2.34. The first-order chi connectivity index (χ1) is 9.10. The highest BCUT2D eigenvalue weighted by molar-refractivity contribution is 9.10. The maximum absolute atomic E-state index is 5.61. The van der Waals surface area contributed by atoms with Gasteiger partial charge in [-0.3, -0.25) is 5.43 Å². The van der Waals surface area contributed by atoms with E-state index in [0.717, 1.165) is 4.47 Å². The molecule has 0 spiro atoms. The zero-order chi connectivity index (χ0) is 13.8. The van der Waals surface area contributed by atoms with Crippen molar-refractivity contribution in [2.75, 3.05) is 24.4 Å². The Hall–Kier alpha value is -1.93. The number of rotatable bonds is 4. The van der Waals surface area contributed by atoms with E-state index in [1.54, 1.807) is 11.0 Å². The van der Waals surface area contributed by atoms with Crippen LogP contribution in [-0.2, 0) is 0 Å². The second-order valence-corrected chi connectivity index (χ2v) is 4.67. The van der Waals surface area contributed by atoms with Crippen molar-refractivity contribution in [3.63, 3.8) is 0 Å². The number of hydrogen-bond acceptors (Lipinski definition) is 7. The number of aromatic nitrogens is 3. The third kappa shape index (κ3) is 3.30. The van der Waals surface area contributed by atoms with Crippen LogP contribution in [0.25, 0.3) is 0 Å². The second-order valence-electron chi connectivity index (χ2n) is 3.81. The van der Waals surface area contributed by atoms with Gasteiger partial charge in [0.2, 0.25) is 11.9 Å². The first kappa shape index (κ1) is 13.5. The molecule has 1 heterocycles. The van der Waals surface area contributed by atoms with Crippen molar-refractivity contribution in [2.45, 2.75) is 0 Å². The molecule has 19 heavy (non-hydrogen) atoms. The van der Waals surface area contributed by atoms with Crippen molar-refractivity contribution < 1.29 is 4.74 Å². The molecule has 7 nitrogen and oxygen atoms in total. The highest BCUT2D eigenvalue weighted by atomic mass is 79.9. The Morgan fingerprint density at radius 2 is 1.95 bits per heavy atom. The molecular formula is C11H13BrN6O. The average Bonchev–Trinajstić information content (AvgIpc) is 2.41. The third-order valence-electron chi connectivity index (χ3n) is 2.17. The van der Waals surface area contributed by atoms with Gasteiger partial charge in [-0.05, 0) is 28.1 Å². The number of hydrazine groups is 1. The third-order valence-corrected chi connectivity index (χ3v) is 2.83. The van der Waals surface area contributed by atoms with Gasteiger partial charge in [0.15, 0.2) is 0 Å². The Morgan fingerprint density at radius 3 is 2.58 bits per heavy atom. The molecule has 0 saturated heterocycles. The van der Waals surface area contributed by atoms with Gasteiger partial charge in [-0.2, -0.15) is 15.0 Å². The van der Waals surface area contributed by atoms with Crippen LogP contribution in [0.2, 0.25) is 0 Å². The van der Waals surface area contributed by atoms with Crippen molar-refractivity contribution in [3.05, 3.63) is 28.7 Å². The van der Waals surface area contributed by atoms with Crippen molar-refractivity contribution in [2.24, 2.45) is 5.84 Å². The average molecular weight is 325 g/mol. The summed E-state index contributed by atoms with van der Waals surface area (Å²) < 4.78 is 6.42. The van der Waals surface area contributed by atoms with Crippen LogP contribution >= 0.6 is 15.9 Å². The number of hydrogen-bond donors (Lipinski definition) is 2. The fraction of sp³-hybridized carbons (Fsp3) is 0.182. The Bertz CT molecular complexity index is 577. The normalized spacial score (nSPS) is 10.1. The van der Waals surface area contributed by atoms with Gasteiger partial charge in [-0.25, -0.2) is 5.84 Å². The van der Waals surface area contributed by atoms with E-state index in [4.69, 9.17) is 10.6 Å². The number of ether oxygens (including phenoxy) is 1. The lowest BCUT2D eigenvalue weighted by Gasteiger charge is -2.12. The minimum absolute atomic E-state index is 0.165. The lowest BCUT2D eigenvalue weighted by molar-refractivity contribution is 0.438. The second kappa shape index (κ2) is 5.81. The van der Waals surface area contributed by atoms with Crippen LogP contribution in [0.1, 0.15) is 0 Å². The SMILES string of the molecule is CN(C)c1nc(NN)nc(Oc2ccccc2Br)n1. The van der Waals surface area contributed by atoms with Gasteiger partial charge in [0.25, 0.3) is 0 Å². The summed E-state index contributed by atoms with van der Waals surface area (Å²) in [5, 5.41) is 0. The van der Waals surface area contributed by atoms with E-state index in [9.17, 15) is 0 Å². The Morgan fingerprint density at radius 1 is 1.21 bits per heavy atom. The number of benzene rings is 1. The molecule has 100 valence electrons. The van der Waals surface area contributed by atoms with Crippen LogP contribution in [0.15, 0.2) is 28.7 Å². The van der Waals surface area contributed by atoms with Crippen molar-refractivity contribution in [1.82, 2.24) is 15.0 Å². The summed E-state index contributed by atoms with van der Waals surface area (Å²) >= 11 is 3.39. The molecule has 0 atom stereocenters. The summed E-state index contributed by atoms with van der Waals surface area (Å²) in [6.07, 6.45) is 0. The molecular weight excluding hydrogens is 312 g/mol. The minimum atomic E-state index is 0.165. The first-order valence-electron chi connectivity index (χ1n) is 5.42. The fourth-order valence-corrected chi connectivity index (χ4v) is 1.65. The monoisotopic (exact) mass is 324 g/mol. The summed E-state index contributed by atoms with van der Waals surface area (Å²) in [6, 6.07) is 7.58. The van der Waals surface area contributed by atoms with Crippen LogP contribution < -0.4 is 20.9 Å². The van der Waals surface area contributed by atoms with Crippen molar-refractivity contribution in [3.8, 4) is 11.8 Å². The number of anilines is 2. The van der Waals surface area contributed by atoms with E-state index >= 15 is 0 Å². The fourth-order valence-electron chi connectivity index (χ4n) is 1.28. The standard InChI is InChI=1S/C11H13BrN6O/c1-18(2)10-14-9(17-13)15-11(16-10)19-8-6-4-3-5-7(8)12/h3-6H,13H2,1-2H3,(H,14,15,16,17). The lowest BCUT2D eigenvalue weighted by atomic mass is 10.3. The summed E-state index contributed by atoms with van der Waals surface area (Å²) in [5.74, 6) is 6.62. The zero-order valence-corrected chi connectivity index (χ0v) is 12.0. The zero-order valence-electron chi connectivity index (χ0n) is 10.5. The maximum Gasteiger partial charge on any atom is 0.328 e. The van der Waals surface area contributed by atoms with E-state index in [1.165, 1.54) is 0 Å². The molecule has 0 aliphatic rings. The molecule has 0 radical (unpaired) electrons. The summed E-state index contributed by atoms with van der Waals surface area (Å²) in [6.45, 7) is 0. The quantitative estimate of drug-likeness (QED) is 0.654. The number of para-hydroxylation sites is 1. The molecule has 1 aromatic carbocycles. The van der Waals surface area contributed by atoms with E-state index in [2.05, 4.69) is 36.3 Å². The van der Waals surface area contributed by atoms with E-state index < -0.39 is 0 Å². The smallest absolute Gasteiger partial charge is 0.328 e. The largest absolute Gasteiger partial charge is 0.423 e. The van der Waals surface area contributed by atoms with Crippen LogP contribution in [0, 0.1) is 0 Å². The number of halogens is 1. The van der Waals surface area contributed by atoms with Crippen molar-refractivity contribution >= 4 is 27.8 Å². The van der Waals surface area contributed by atoms with Crippen LogP contribution in [-0.4, -0.2) is 29.0 Å². The number of nitrogen functional groups attached to an aromatic ring is 1. The molecule has 0 aliphatic heterocycles. The van der Waals surface area contributed by atoms with Crippen LogP contribution in [0.5, 0.6) is 11.8 Å². The number of nitrogens with zero attached hydrogens (tertiary/aromatic N) is 4. The van der Waals surface area contributed by atoms with Gasteiger partial charge in [-0.15, -0.1) is 0 Å². The van der Waals surface area contributed by atoms with Gasteiger partial charge in [0.1, 0.15) is 5.75 Å². The molecule has 0 saturated carbocycles. The van der Waals surface area contributed by atoms with E-state index in [-0.39, 0.29) is 12.0 Å². The van der Waals surface area contributed by atoms with Gasteiger partial charge in [-0.1, -0.05) is 12.1 Å². The van der Waals surface area contributed by atoms with Crippen LogP contribution in [0.3, 0.4) is 0 Å². The minimum Gasteiger partial charge on any atom is -0.423 e. The highest BCUT2D eigenvalue weighted by Crippen LogP contribution is 2.28. The number of nitrogens with one attached hydrogen (secondary N) is 1. The van der Waals surface area contributed by atoms with Gasteiger partial charge in [0, 0.05) is 14.1 Å². The molecule has 8 heteroatoms. The van der Waals surface area contributed by atoms with E-state index in [0.29, 0.717) is 11.7 Å². The molecule has 1 aromatic heterocycles. The molecule has 0 aliphatic carbocycles. The topological polar surface area (TPSA) is 89.2 Å². The predicted octanol–water partition coefficient (Wildman–Crippen LogP) is 1.78. The summed E-state index contributed by atoms with van der Waals surface area (Å²) in [5.41, 5.74) is 2.38. The molecule has 0 bridgehead atoms. The predicted molar refractivity (Wildman–Crippen MR) is 76.2 cm³/mol. The number of nitrogens with two attached hydrogens (primary N) is 1. The Kier molecular flexibility index (Phi) is 4.13. The Labute approximate surface area is 118 Å².